The smallest absolute Gasteiger partial charge is 0.409 e. The quantitative estimate of drug-likeness (QED) is 0.237. The molecule has 10 nitrogen and oxygen atoms in total. The standard InChI is InChI=1S/C19H22ClN3O3.C16H18ClN3O/c1-2-25-19(24)22-8-9-23-15(12-22)6-7-17(23)16-11-18(26-21-16)13-4-3-5-14(20)10-13;17-12-3-1-2-11(8-12)16-9-14(19-21-16)15-5-4-13-10-18-6-7-20(13)15/h3-5,10-11,15,17H,2,6-9,12H2,1H3;1-3,8-9,13,15,18H,4-7,10H2/t15-,17+;13-,15+/m00/s1. The second-order valence-electron chi connectivity index (χ2n) is 12.6. The summed E-state index contributed by atoms with van der Waals surface area (Å²) < 4.78 is 16.2. The van der Waals surface area contributed by atoms with Gasteiger partial charge in [0.05, 0.1) is 18.7 Å². The summed E-state index contributed by atoms with van der Waals surface area (Å²) in [6.07, 6.45) is 4.24. The van der Waals surface area contributed by atoms with Gasteiger partial charge in [-0.2, -0.15) is 0 Å². The van der Waals surface area contributed by atoms with Crippen LogP contribution in [0.1, 0.15) is 56.1 Å². The van der Waals surface area contributed by atoms with E-state index in [4.69, 9.17) is 37.0 Å². The van der Waals surface area contributed by atoms with Crippen molar-refractivity contribution in [3.05, 3.63) is 82.1 Å². The molecule has 12 heteroatoms. The molecular formula is C35H40Cl2N6O4. The molecule has 8 rings (SSSR count). The molecular weight excluding hydrogens is 639 g/mol. The van der Waals surface area contributed by atoms with E-state index in [0.29, 0.717) is 47.9 Å². The van der Waals surface area contributed by atoms with Gasteiger partial charge in [-0.1, -0.05) is 57.8 Å². The zero-order chi connectivity index (χ0) is 32.3. The summed E-state index contributed by atoms with van der Waals surface area (Å²) in [5, 5.41) is 13.5. The Morgan fingerprint density at radius 3 is 2.02 bits per heavy atom. The third-order valence-electron chi connectivity index (χ3n) is 9.76. The van der Waals surface area contributed by atoms with Crippen LogP contribution in [0.3, 0.4) is 0 Å². The average molecular weight is 680 g/mol. The molecule has 2 aromatic heterocycles. The van der Waals surface area contributed by atoms with Gasteiger partial charge in [-0.3, -0.25) is 9.80 Å². The molecule has 248 valence electrons. The van der Waals surface area contributed by atoms with Crippen molar-refractivity contribution in [1.82, 2.24) is 30.3 Å². The van der Waals surface area contributed by atoms with Crippen molar-refractivity contribution >= 4 is 29.3 Å². The Balaban J connectivity index is 0.000000153. The SMILES string of the molecule is CCOC(=O)N1CCN2[C@@H](CC[C@@H]2c2cc(-c3cccc(Cl)c3)on2)C1.Clc1cccc(-c2cc([C@H]3CC[C@H]4CNCCN43)no2)c1. The van der Waals surface area contributed by atoms with Crippen LogP contribution in [0.2, 0.25) is 10.0 Å². The molecule has 4 saturated heterocycles. The Kier molecular flexibility index (Phi) is 9.83. The van der Waals surface area contributed by atoms with Crippen molar-refractivity contribution in [3.8, 4) is 22.6 Å². The molecule has 4 aromatic rings. The summed E-state index contributed by atoms with van der Waals surface area (Å²) in [5.41, 5.74) is 3.91. The van der Waals surface area contributed by atoms with E-state index in [1.165, 1.54) is 6.42 Å². The maximum absolute atomic E-state index is 12.0. The summed E-state index contributed by atoms with van der Waals surface area (Å²) >= 11 is 12.1. The first-order valence-corrected chi connectivity index (χ1v) is 17.3. The summed E-state index contributed by atoms with van der Waals surface area (Å²) in [7, 11) is 0. The van der Waals surface area contributed by atoms with Gasteiger partial charge in [0, 0.05) is 84.7 Å². The van der Waals surface area contributed by atoms with E-state index in [2.05, 4.69) is 31.5 Å². The van der Waals surface area contributed by atoms with Gasteiger partial charge in [-0.15, -0.1) is 0 Å². The van der Waals surface area contributed by atoms with Crippen LogP contribution in [0.4, 0.5) is 4.79 Å². The number of hydrogen-bond acceptors (Lipinski definition) is 9. The Morgan fingerprint density at radius 1 is 0.830 bits per heavy atom. The van der Waals surface area contributed by atoms with E-state index in [1.54, 1.807) is 0 Å². The fourth-order valence-corrected chi connectivity index (χ4v) is 7.87. The third-order valence-corrected chi connectivity index (χ3v) is 10.2. The number of amides is 1. The summed E-state index contributed by atoms with van der Waals surface area (Å²) in [5.74, 6) is 1.53. The number of halogens is 2. The van der Waals surface area contributed by atoms with E-state index >= 15 is 0 Å². The van der Waals surface area contributed by atoms with Crippen LogP contribution in [0.15, 0.2) is 69.7 Å². The molecule has 4 atom stereocenters. The normalized spacial score (nSPS) is 24.4. The highest BCUT2D eigenvalue weighted by Gasteiger charge is 2.41. The number of nitrogens with one attached hydrogen (secondary N) is 1. The number of piperazine rings is 2. The first kappa shape index (κ1) is 32.2. The van der Waals surface area contributed by atoms with Gasteiger partial charge in [0.15, 0.2) is 11.5 Å². The maximum atomic E-state index is 12.0. The number of carbonyl (C=O) groups is 1. The fraction of sp³-hybridized carbons (Fsp3) is 0.457. The number of benzene rings is 2. The minimum Gasteiger partial charge on any atom is -0.450 e. The lowest BCUT2D eigenvalue weighted by Gasteiger charge is -2.38. The number of hydrogen-bond donors (Lipinski definition) is 1. The van der Waals surface area contributed by atoms with Gasteiger partial charge in [-0.25, -0.2) is 4.79 Å². The molecule has 1 N–H and O–H groups in total. The molecule has 0 unspecified atom stereocenters. The van der Waals surface area contributed by atoms with Crippen LogP contribution in [0.5, 0.6) is 0 Å². The van der Waals surface area contributed by atoms with Crippen molar-refractivity contribution in [2.24, 2.45) is 0 Å². The van der Waals surface area contributed by atoms with E-state index < -0.39 is 0 Å². The minimum atomic E-state index is -0.208. The van der Waals surface area contributed by atoms with Gasteiger partial charge < -0.3 is 24.0 Å². The van der Waals surface area contributed by atoms with Crippen LogP contribution < -0.4 is 5.32 Å². The number of carbonyl (C=O) groups excluding carboxylic acids is 1. The van der Waals surface area contributed by atoms with Crippen LogP contribution in [0.25, 0.3) is 22.6 Å². The monoisotopic (exact) mass is 678 g/mol. The van der Waals surface area contributed by atoms with Crippen LogP contribution >= 0.6 is 23.2 Å². The fourth-order valence-electron chi connectivity index (χ4n) is 7.49. The lowest BCUT2D eigenvalue weighted by Crippen LogP contribution is -2.52. The highest BCUT2D eigenvalue weighted by atomic mass is 35.5. The Morgan fingerprint density at radius 2 is 1.43 bits per heavy atom. The second kappa shape index (κ2) is 14.4. The van der Waals surface area contributed by atoms with Crippen molar-refractivity contribution in [1.29, 1.82) is 0 Å². The predicted octanol–water partition coefficient (Wildman–Crippen LogP) is 7.08. The van der Waals surface area contributed by atoms with Gasteiger partial charge in [0.25, 0.3) is 0 Å². The molecule has 4 aliphatic rings. The highest BCUT2D eigenvalue weighted by molar-refractivity contribution is 6.31. The number of aromatic nitrogens is 2. The first-order chi connectivity index (χ1) is 23.0. The maximum Gasteiger partial charge on any atom is 0.409 e. The van der Waals surface area contributed by atoms with Crippen molar-refractivity contribution < 1.29 is 18.6 Å². The van der Waals surface area contributed by atoms with E-state index in [1.807, 2.05) is 66.4 Å². The van der Waals surface area contributed by atoms with Crippen LogP contribution in [0, 0.1) is 0 Å². The van der Waals surface area contributed by atoms with Gasteiger partial charge >= 0.3 is 6.09 Å². The molecule has 0 radical (unpaired) electrons. The lowest BCUT2D eigenvalue weighted by atomic mass is 10.1. The van der Waals surface area contributed by atoms with Crippen molar-refractivity contribution in [2.75, 3.05) is 45.9 Å². The molecule has 0 saturated carbocycles. The van der Waals surface area contributed by atoms with Crippen LogP contribution in [-0.2, 0) is 4.74 Å². The lowest BCUT2D eigenvalue weighted by molar-refractivity contribution is 0.0538. The molecule has 6 heterocycles. The second-order valence-corrected chi connectivity index (χ2v) is 13.4. The third kappa shape index (κ3) is 7.07. The van der Waals surface area contributed by atoms with Crippen LogP contribution in [-0.4, -0.2) is 89.1 Å². The minimum absolute atomic E-state index is 0.208. The molecule has 47 heavy (non-hydrogen) atoms. The van der Waals surface area contributed by atoms with Crippen molar-refractivity contribution in [2.45, 2.75) is 56.8 Å². The molecule has 4 fully saturated rings. The van der Waals surface area contributed by atoms with Gasteiger partial charge in [0.2, 0.25) is 0 Å². The van der Waals surface area contributed by atoms with Gasteiger partial charge in [0.1, 0.15) is 11.4 Å². The largest absolute Gasteiger partial charge is 0.450 e. The Labute approximate surface area is 284 Å². The Hall–Kier alpha value is -3.41. The number of nitrogens with zero attached hydrogens (tertiary/aromatic N) is 5. The Bertz CT molecular complexity index is 1680. The van der Waals surface area contributed by atoms with Crippen molar-refractivity contribution in [3.63, 3.8) is 0 Å². The zero-order valence-electron chi connectivity index (χ0n) is 26.5. The zero-order valence-corrected chi connectivity index (χ0v) is 28.0. The number of rotatable bonds is 5. The summed E-state index contributed by atoms with van der Waals surface area (Å²) in [6.45, 7) is 7.72. The summed E-state index contributed by atoms with van der Waals surface area (Å²) in [6, 6.07) is 21.0. The predicted molar refractivity (Wildman–Crippen MR) is 180 cm³/mol. The molecule has 2 aromatic carbocycles. The molecule has 4 aliphatic heterocycles. The van der Waals surface area contributed by atoms with E-state index in [0.717, 1.165) is 79.5 Å². The van der Waals surface area contributed by atoms with E-state index in [-0.39, 0.29) is 12.1 Å². The molecule has 0 bridgehead atoms. The number of ether oxygens (including phenoxy) is 1. The average Bonchev–Trinajstić information content (AvgIpc) is 3.90. The molecule has 0 spiro atoms. The summed E-state index contributed by atoms with van der Waals surface area (Å²) in [4.78, 5) is 18.8. The number of fused-ring (bicyclic) bond motifs is 2. The molecule has 1 amide bonds. The van der Waals surface area contributed by atoms with E-state index in [9.17, 15) is 4.79 Å². The first-order valence-electron chi connectivity index (χ1n) is 16.6. The molecule has 0 aliphatic carbocycles. The topological polar surface area (TPSA) is 100 Å². The van der Waals surface area contributed by atoms with Gasteiger partial charge in [-0.05, 0) is 56.9 Å². The highest BCUT2D eigenvalue weighted by Crippen LogP contribution is 2.39.